The molecule has 0 fully saturated rings. The van der Waals surface area contributed by atoms with E-state index in [9.17, 15) is 9.59 Å². The largest absolute Gasteiger partial charge is 0.422 e. The molecule has 3 heteroatoms. The Labute approximate surface area is 104 Å². The van der Waals surface area contributed by atoms with Crippen molar-refractivity contribution in [1.82, 2.24) is 0 Å². The van der Waals surface area contributed by atoms with Crippen LogP contribution in [0, 0.1) is 0 Å². The number of benzene rings is 2. The van der Waals surface area contributed by atoms with E-state index < -0.39 is 5.97 Å². The number of ketones is 1. The Morgan fingerprint density at radius 3 is 2.72 bits per heavy atom. The summed E-state index contributed by atoms with van der Waals surface area (Å²) in [6.07, 6.45) is 1.33. The Morgan fingerprint density at radius 1 is 1.17 bits per heavy atom. The van der Waals surface area contributed by atoms with Gasteiger partial charge in [-0.2, -0.15) is 0 Å². The number of ether oxygens (including phenoxy) is 1. The third kappa shape index (κ3) is 1.52. The van der Waals surface area contributed by atoms with Gasteiger partial charge in [0.1, 0.15) is 5.75 Å². The van der Waals surface area contributed by atoms with E-state index in [0.717, 1.165) is 10.8 Å². The lowest BCUT2D eigenvalue weighted by Crippen LogP contribution is -2.02. The summed E-state index contributed by atoms with van der Waals surface area (Å²) in [5.41, 5.74) is 1.06. The lowest BCUT2D eigenvalue weighted by atomic mass is 9.98. The van der Waals surface area contributed by atoms with E-state index in [4.69, 9.17) is 4.74 Å². The molecule has 18 heavy (non-hydrogen) atoms. The van der Waals surface area contributed by atoms with Gasteiger partial charge in [0.05, 0.1) is 5.57 Å². The van der Waals surface area contributed by atoms with Crippen molar-refractivity contribution in [2.75, 3.05) is 0 Å². The van der Waals surface area contributed by atoms with Crippen molar-refractivity contribution < 1.29 is 14.3 Å². The first-order valence-corrected chi connectivity index (χ1v) is 5.63. The lowest BCUT2D eigenvalue weighted by molar-refractivity contribution is -0.127. The molecule has 0 unspecified atom stereocenters. The summed E-state index contributed by atoms with van der Waals surface area (Å²) in [7, 11) is 0. The minimum Gasteiger partial charge on any atom is -0.422 e. The Hall–Kier alpha value is -2.42. The third-order valence-electron chi connectivity index (χ3n) is 2.93. The van der Waals surface area contributed by atoms with Crippen LogP contribution in [0.25, 0.3) is 16.3 Å². The van der Waals surface area contributed by atoms with Crippen molar-refractivity contribution in [2.45, 2.75) is 6.92 Å². The standard InChI is InChI=1S/C15H10O3/c1-9(16)8-12-14-11-5-3-2-4-10(11)6-7-13(14)18-15(12)17/h2-8H,1H3/b12-8-. The van der Waals surface area contributed by atoms with E-state index in [0.29, 0.717) is 16.9 Å². The molecule has 0 amide bonds. The Balaban J connectivity index is 2.37. The van der Waals surface area contributed by atoms with Gasteiger partial charge in [-0.05, 0) is 29.8 Å². The van der Waals surface area contributed by atoms with E-state index in [-0.39, 0.29) is 5.78 Å². The van der Waals surface area contributed by atoms with Crippen LogP contribution in [0.1, 0.15) is 12.5 Å². The highest BCUT2D eigenvalue weighted by atomic mass is 16.5. The molecule has 0 aromatic heterocycles. The summed E-state index contributed by atoms with van der Waals surface area (Å²) in [6, 6.07) is 11.4. The lowest BCUT2D eigenvalue weighted by Gasteiger charge is -2.02. The second kappa shape index (κ2) is 3.81. The maximum absolute atomic E-state index is 11.8. The van der Waals surface area contributed by atoms with Gasteiger partial charge in [-0.15, -0.1) is 0 Å². The van der Waals surface area contributed by atoms with E-state index in [1.807, 2.05) is 30.3 Å². The molecule has 0 N–H and O–H groups in total. The monoisotopic (exact) mass is 238 g/mol. The van der Waals surface area contributed by atoms with Crippen LogP contribution in [-0.4, -0.2) is 11.8 Å². The SMILES string of the molecule is CC(=O)/C=C1\C(=O)Oc2ccc3ccccc3c21. The number of esters is 1. The van der Waals surface area contributed by atoms with Crippen LogP contribution in [0.5, 0.6) is 5.75 Å². The molecule has 0 radical (unpaired) electrons. The fraction of sp³-hybridized carbons (Fsp3) is 0.0667. The van der Waals surface area contributed by atoms with Crippen molar-refractivity contribution in [3.8, 4) is 5.75 Å². The quantitative estimate of drug-likeness (QED) is 0.436. The first kappa shape index (κ1) is 10.7. The molecular formula is C15H10O3. The van der Waals surface area contributed by atoms with Crippen LogP contribution < -0.4 is 4.74 Å². The Morgan fingerprint density at radius 2 is 1.94 bits per heavy atom. The van der Waals surface area contributed by atoms with Gasteiger partial charge in [0.25, 0.3) is 0 Å². The summed E-state index contributed by atoms with van der Waals surface area (Å²) < 4.78 is 5.17. The van der Waals surface area contributed by atoms with Gasteiger partial charge in [-0.1, -0.05) is 30.3 Å². The fourth-order valence-electron chi connectivity index (χ4n) is 2.21. The molecule has 0 aliphatic carbocycles. The van der Waals surface area contributed by atoms with Crippen LogP contribution in [0.4, 0.5) is 0 Å². The van der Waals surface area contributed by atoms with Crippen LogP contribution in [0.2, 0.25) is 0 Å². The number of carbonyl (C=O) groups is 2. The van der Waals surface area contributed by atoms with Crippen LogP contribution in [0.3, 0.4) is 0 Å². The second-order valence-electron chi connectivity index (χ2n) is 4.22. The van der Waals surface area contributed by atoms with Gasteiger partial charge >= 0.3 is 5.97 Å². The van der Waals surface area contributed by atoms with Gasteiger partial charge in [0.15, 0.2) is 5.78 Å². The molecule has 0 saturated carbocycles. The maximum Gasteiger partial charge on any atom is 0.344 e. The maximum atomic E-state index is 11.8. The molecule has 88 valence electrons. The molecule has 0 bridgehead atoms. The van der Waals surface area contributed by atoms with E-state index in [2.05, 4.69) is 0 Å². The number of hydrogen-bond donors (Lipinski definition) is 0. The van der Waals surface area contributed by atoms with E-state index >= 15 is 0 Å². The minimum absolute atomic E-state index is 0.164. The predicted molar refractivity (Wildman–Crippen MR) is 68.2 cm³/mol. The smallest absolute Gasteiger partial charge is 0.344 e. The summed E-state index contributed by atoms with van der Waals surface area (Å²) in [4.78, 5) is 23.0. The predicted octanol–water partition coefficient (Wildman–Crippen LogP) is 2.73. The number of rotatable bonds is 1. The van der Waals surface area contributed by atoms with Gasteiger partial charge in [-0.3, -0.25) is 4.79 Å². The minimum atomic E-state index is -0.462. The molecular weight excluding hydrogens is 228 g/mol. The van der Waals surface area contributed by atoms with Crippen molar-refractivity contribution >= 4 is 28.1 Å². The molecule has 1 aliphatic rings. The number of carbonyl (C=O) groups excluding carboxylic acids is 2. The van der Waals surface area contributed by atoms with Crippen molar-refractivity contribution in [3.05, 3.63) is 48.0 Å². The Kier molecular flexibility index (Phi) is 2.27. The first-order chi connectivity index (χ1) is 8.66. The molecule has 3 rings (SSSR count). The second-order valence-corrected chi connectivity index (χ2v) is 4.22. The summed E-state index contributed by atoms with van der Waals surface area (Å²) in [5.74, 6) is -0.106. The molecule has 3 nitrogen and oxygen atoms in total. The summed E-state index contributed by atoms with van der Waals surface area (Å²) in [5, 5.41) is 1.94. The molecule has 1 heterocycles. The molecule has 2 aromatic rings. The Bertz CT molecular complexity index is 711. The zero-order chi connectivity index (χ0) is 12.7. The fourth-order valence-corrected chi connectivity index (χ4v) is 2.21. The van der Waals surface area contributed by atoms with Crippen LogP contribution in [0.15, 0.2) is 42.5 Å². The zero-order valence-electron chi connectivity index (χ0n) is 9.77. The van der Waals surface area contributed by atoms with Crippen molar-refractivity contribution in [3.63, 3.8) is 0 Å². The zero-order valence-corrected chi connectivity index (χ0v) is 9.77. The first-order valence-electron chi connectivity index (χ1n) is 5.63. The van der Waals surface area contributed by atoms with Crippen LogP contribution >= 0.6 is 0 Å². The van der Waals surface area contributed by atoms with Crippen molar-refractivity contribution in [2.24, 2.45) is 0 Å². The van der Waals surface area contributed by atoms with Gasteiger partial charge in [-0.25, -0.2) is 4.79 Å². The highest BCUT2D eigenvalue weighted by Crippen LogP contribution is 2.39. The third-order valence-corrected chi connectivity index (χ3v) is 2.93. The van der Waals surface area contributed by atoms with Gasteiger partial charge in [0.2, 0.25) is 0 Å². The van der Waals surface area contributed by atoms with Gasteiger partial charge in [0, 0.05) is 5.56 Å². The molecule has 0 saturated heterocycles. The van der Waals surface area contributed by atoms with E-state index in [1.54, 1.807) is 6.07 Å². The van der Waals surface area contributed by atoms with E-state index in [1.165, 1.54) is 13.0 Å². The number of fused-ring (bicyclic) bond motifs is 3. The topological polar surface area (TPSA) is 43.4 Å². The average Bonchev–Trinajstić information content (AvgIpc) is 2.66. The van der Waals surface area contributed by atoms with Crippen LogP contribution in [-0.2, 0) is 9.59 Å². The summed E-state index contributed by atoms with van der Waals surface area (Å²) >= 11 is 0. The molecule has 0 atom stereocenters. The number of allylic oxidation sites excluding steroid dienone is 1. The highest BCUT2D eigenvalue weighted by molar-refractivity contribution is 6.28. The van der Waals surface area contributed by atoms with Crippen molar-refractivity contribution in [1.29, 1.82) is 0 Å². The molecule has 2 aromatic carbocycles. The molecule has 0 spiro atoms. The normalized spacial score (nSPS) is 15.8. The highest BCUT2D eigenvalue weighted by Gasteiger charge is 2.28. The summed E-state index contributed by atoms with van der Waals surface area (Å²) in [6.45, 7) is 1.42. The number of hydrogen-bond acceptors (Lipinski definition) is 3. The average molecular weight is 238 g/mol. The van der Waals surface area contributed by atoms with Gasteiger partial charge < -0.3 is 4.74 Å². The molecule has 1 aliphatic heterocycles.